The second-order valence-electron chi connectivity index (χ2n) is 8.29. The Morgan fingerprint density at radius 2 is 1.92 bits per heavy atom. The van der Waals surface area contributed by atoms with Gasteiger partial charge in [0.1, 0.15) is 5.69 Å². The second-order valence-corrected chi connectivity index (χ2v) is 8.29. The van der Waals surface area contributed by atoms with Crippen LogP contribution < -0.4 is 10.1 Å². The molecular weight excluding hydrogens is 326 g/mol. The first-order chi connectivity index (χ1) is 12.7. The van der Waals surface area contributed by atoms with Gasteiger partial charge in [-0.15, -0.1) is 0 Å². The van der Waals surface area contributed by atoms with Gasteiger partial charge in [-0.3, -0.25) is 4.79 Å². The maximum Gasteiger partial charge on any atom is 0.267 e. The van der Waals surface area contributed by atoms with Crippen molar-refractivity contribution in [3.63, 3.8) is 0 Å². The van der Waals surface area contributed by atoms with Gasteiger partial charge < -0.3 is 15.0 Å². The fourth-order valence-electron chi connectivity index (χ4n) is 5.84. The van der Waals surface area contributed by atoms with Crippen LogP contribution in [0.1, 0.15) is 42.6 Å². The highest BCUT2D eigenvalue weighted by molar-refractivity contribution is 5.94. The molecule has 4 saturated carbocycles. The molecule has 0 radical (unpaired) electrons. The molecule has 2 heterocycles. The number of H-pyrrole nitrogens is 1. The quantitative estimate of drug-likeness (QED) is 0.884. The van der Waals surface area contributed by atoms with E-state index in [1.807, 2.05) is 24.4 Å². The van der Waals surface area contributed by atoms with E-state index in [-0.39, 0.29) is 5.91 Å². The summed E-state index contributed by atoms with van der Waals surface area (Å²) in [7, 11) is 1.61. The van der Waals surface area contributed by atoms with E-state index in [9.17, 15) is 4.79 Å². The van der Waals surface area contributed by atoms with E-state index in [0.717, 1.165) is 23.0 Å². The molecule has 0 saturated heterocycles. The Hall–Kier alpha value is -2.30. The second kappa shape index (κ2) is 6.15. The monoisotopic (exact) mass is 351 g/mol. The lowest BCUT2D eigenvalue weighted by Crippen LogP contribution is -2.55. The molecule has 5 nitrogen and oxygen atoms in total. The number of rotatable bonds is 4. The number of carbonyl (C=O) groups is 1. The van der Waals surface area contributed by atoms with Gasteiger partial charge in [-0.1, -0.05) is 0 Å². The predicted molar refractivity (Wildman–Crippen MR) is 98.9 cm³/mol. The minimum Gasteiger partial charge on any atom is -0.481 e. The molecule has 2 N–H and O–H groups in total. The Labute approximate surface area is 153 Å². The molecule has 0 aliphatic heterocycles. The average Bonchev–Trinajstić information content (AvgIpc) is 3.14. The molecule has 136 valence electrons. The van der Waals surface area contributed by atoms with Crippen molar-refractivity contribution in [2.45, 2.75) is 38.1 Å². The molecule has 26 heavy (non-hydrogen) atoms. The van der Waals surface area contributed by atoms with Crippen molar-refractivity contribution >= 4 is 5.91 Å². The van der Waals surface area contributed by atoms with Gasteiger partial charge in [-0.2, -0.15) is 0 Å². The number of pyridine rings is 1. The number of methoxy groups -OCH3 is 1. The summed E-state index contributed by atoms with van der Waals surface area (Å²) < 4.78 is 5.33. The lowest BCUT2D eigenvalue weighted by Gasteiger charge is -2.54. The van der Waals surface area contributed by atoms with E-state index >= 15 is 0 Å². The maximum absolute atomic E-state index is 12.8. The van der Waals surface area contributed by atoms with E-state index in [4.69, 9.17) is 4.74 Å². The Bertz CT molecular complexity index is 800. The van der Waals surface area contributed by atoms with E-state index < -0.39 is 0 Å². The third kappa shape index (κ3) is 2.61. The number of aromatic amines is 1. The van der Waals surface area contributed by atoms with Crippen LogP contribution >= 0.6 is 0 Å². The molecule has 1 amide bonds. The van der Waals surface area contributed by atoms with Crippen molar-refractivity contribution in [2.24, 2.45) is 23.7 Å². The summed E-state index contributed by atoms with van der Waals surface area (Å²) >= 11 is 0. The number of aromatic nitrogens is 2. The molecular formula is C21H25N3O2. The van der Waals surface area contributed by atoms with Gasteiger partial charge in [0.15, 0.2) is 0 Å². The van der Waals surface area contributed by atoms with Crippen molar-refractivity contribution < 1.29 is 9.53 Å². The third-order valence-corrected chi connectivity index (χ3v) is 6.73. The largest absolute Gasteiger partial charge is 0.481 e. The first-order valence-electron chi connectivity index (χ1n) is 9.70. The first-order valence-corrected chi connectivity index (χ1v) is 9.70. The van der Waals surface area contributed by atoms with Crippen LogP contribution in [-0.4, -0.2) is 29.0 Å². The Balaban J connectivity index is 1.33. The zero-order valence-corrected chi connectivity index (χ0v) is 15.1. The number of hydrogen-bond donors (Lipinski definition) is 2. The van der Waals surface area contributed by atoms with Crippen molar-refractivity contribution in [1.29, 1.82) is 0 Å². The van der Waals surface area contributed by atoms with E-state index in [1.54, 1.807) is 13.3 Å². The number of amides is 1. The Morgan fingerprint density at radius 1 is 1.19 bits per heavy atom. The van der Waals surface area contributed by atoms with Crippen LogP contribution in [0.3, 0.4) is 0 Å². The minimum atomic E-state index is 0.0107. The Morgan fingerprint density at radius 3 is 2.62 bits per heavy atom. The molecule has 4 aliphatic carbocycles. The Kier molecular flexibility index (Phi) is 3.76. The number of nitrogens with zero attached hydrogens (tertiary/aromatic N) is 1. The van der Waals surface area contributed by atoms with Crippen LogP contribution in [0.25, 0.3) is 11.1 Å². The zero-order valence-electron chi connectivity index (χ0n) is 15.1. The standard InChI is InChI=1S/C21H25N3O2/c1-26-21-17(3-2-4-22-21)16-10-18(23-11-16)20(25)24-19-14-6-12-5-13(8-14)9-15(19)7-12/h2-4,10-15,19,23H,5-9H2,1H3,(H,24,25). The topological polar surface area (TPSA) is 67.0 Å². The average molecular weight is 351 g/mol. The van der Waals surface area contributed by atoms with Gasteiger partial charge in [0.25, 0.3) is 5.91 Å². The summed E-state index contributed by atoms with van der Waals surface area (Å²) in [5.74, 6) is 3.78. The number of ether oxygens (including phenoxy) is 1. The van der Waals surface area contributed by atoms with Gasteiger partial charge in [0.2, 0.25) is 5.88 Å². The molecule has 2 aromatic rings. The summed E-state index contributed by atoms with van der Waals surface area (Å²) in [6.07, 6.45) is 10.2. The van der Waals surface area contributed by atoms with Gasteiger partial charge in [-0.05, 0) is 74.0 Å². The van der Waals surface area contributed by atoms with Crippen molar-refractivity contribution in [1.82, 2.24) is 15.3 Å². The smallest absolute Gasteiger partial charge is 0.267 e. The van der Waals surface area contributed by atoms with Crippen LogP contribution in [0.2, 0.25) is 0 Å². The van der Waals surface area contributed by atoms with Gasteiger partial charge in [-0.25, -0.2) is 4.98 Å². The van der Waals surface area contributed by atoms with Crippen LogP contribution in [0.4, 0.5) is 0 Å². The summed E-state index contributed by atoms with van der Waals surface area (Å²) in [6.45, 7) is 0. The molecule has 2 aromatic heterocycles. The normalized spacial score (nSPS) is 31.8. The van der Waals surface area contributed by atoms with E-state index in [0.29, 0.717) is 29.5 Å². The molecule has 4 bridgehead atoms. The van der Waals surface area contributed by atoms with E-state index in [2.05, 4.69) is 15.3 Å². The summed E-state index contributed by atoms with van der Waals surface area (Å²) in [5.41, 5.74) is 2.42. The highest BCUT2D eigenvalue weighted by Crippen LogP contribution is 2.53. The molecule has 0 aromatic carbocycles. The molecule has 4 aliphatic rings. The number of carbonyl (C=O) groups excluding carboxylic acids is 1. The molecule has 0 atom stereocenters. The first kappa shape index (κ1) is 15.9. The fraction of sp³-hybridized carbons (Fsp3) is 0.524. The molecule has 5 heteroatoms. The summed E-state index contributed by atoms with van der Waals surface area (Å²) in [4.78, 5) is 20.2. The lowest BCUT2D eigenvalue weighted by molar-refractivity contribution is -0.0120. The number of nitrogens with one attached hydrogen (secondary N) is 2. The van der Waals surface area contributed by atoms with Crippen LogP contribution in [0.5, 0.6) is 5.88 Å². The van der Waals surface area contributed by atoms with Gasteiger partial charge >= 0.3 is 0 Å². The summed E-state index contributed by atoms with van der Waals surface area (Å²) in [6, 6.07) is 6.08. The highest BCUT2D eigenvalue weighted by atomic mass is 16.5. The van der Waals surface area contributed by atoms with Gasteiger partial charge in [0.05, 0.1) is 7.11 Å². The van der Waals surface area contributed by atoms with Crippen LogP contribution in [0, 0.1) is 23.7 Å². The van der Waals surface area contributed by atoms with Gasteiger partial charge in [0, 0.05) is 29.6 Å². The van der Waals surface area contributed by atoms with Crippen LogP contribution in [0.15, 0.2) is 30.6 Å². The SMILES string of the molecule is COc1ncccc1-c1c[nH]c(C(=O)NC2C3CC4CC(C3)CC2C4)c1. The molecule has 4 fully saturated rings. The third-order valence-electron chi connectivity index (χ3n) is 6.73. The van der Waals surface area contributed by atoms with Crippen molar-refractivity contribution in [3.05, 3.63) is 36.3 Å². The van der Waals surface area contributed by atoms with Crippen LogP contribution in [-0.2, 0) is 0 Å². The molecule has 0 spiro atoms. The van der Waals surface area contributed by atoms with Crippen molar-refractivity contribution in [3.8, 4) is 17.0 Å². The zero-order chi connectivity index (χ0) is 17.7. The molecule has 0 unspecified atom stereocenters. The predicted octanol–water partition coefficient (Wildman–Crippen LogP) is 3.64. The van der Waals surface area contributed by atoms with E-state index in [1.165, 1.54) is 32.1 Å². The fourth-order valence-corrected chi connectivity index (χ4v) is 5.84. The maximum atomic E-state index is 12.8. The highest BCUT2D eigenvalue weighted by Gasteiger charge is 2.48. The summed E-state index contributed by atoms with van der Waals surface area (Å²) in [5, 5.41) is 3.35. The molecule has 6 rings (SSSR count). The van der Waals surface area contributed by atoms with Crippen molar-refractivity contribution in [2.75, 3.05) is 7.11 Å². The lowest BCUT2D eigenvalue weighted by atomic mass is 9.54. The minimum absolute atomic E-state index is 0.0107. The number of hydrogen-bond acceptors (Lipinski definition) is 3.